The van der Waals surface area contributed by atoms with E-state index in [0.717, 1.165) is 38.2 Å². The fourth-order valence-electron chi connectivity index (χ4n) is 2.18. The minimum Gasteiger partial charge on any atom is -0.495 e. The smallest absolute Gasteiger partial charge is 0.137 e. The van der Waals surface area contributed by atoms with E-state index in [4.69, 9.17) is 22.1 Å². The first-order valence-electron chi connectivity index (χ1n) is 5.99. The van der Waals surface area contributed by atoms with E-state index in [1.54, 1.807) is 7.11 Å². The predicted molar refractivity (Wildman–Crippen MR) is 70.5 cm³/mol. The second kappa shape index (κ2) is 5.71. The van der Waals surface area contributed by atoms with Gasteiger partial charge < -0.3 is 10.5 Å². The molecule has 3 nitrogen and oxygen atoms in total. The number of methoxy groups -OCH3 is 1. The van der Waals surface area contributed by atoms with Gasteiger partial charge in [-0.1, -0.05) is 17.7 Å². The highest BCUT2D eigenvalue weighted by molar-refractivity contribution is 6.32. The van der Waals surface area contributed by atoms with Crippen LogP contribution >= 0.6 is 11.6 Å². The van der Waals surface area contributed by atoms with E-state index in [1.807, 2.05) is 12.1 Å². The number of rotatable bonds is 3. The van der Waals surface area contributed by atoms with Gasteiger partial charge in [0.2, 0.25) is 0 Å². The zero-order chi connectivity index (χ0) is 12.3. The minimum absolute atomic E-state index is 0.380. The third kappa shape index (κ3) is 3.35. The van der Waals surface area contributed by atoms with Crippen LogP contribution in [-0.4, -0.2) is 31.1 Å². The predicted octanol–water partition coefficient (Wildman–Crippen LogP) is 2.27. The fourth-order valence-corrected chi connectivity index (χ4v) is 2.46. The van der Waals surface area contributed by atoms with Crippen LogP contribution in [0.2, 0.25) is 5.02 Å². The Morgan fingerprint density at radius 2 is 2.12 bits per heavy atom. The summed E-state index contributed by atoms with van der Waals surface area (Å²) in [7, 11) is 1.63. The largest absolute Gasteiger partial charge is 0.495 e. The Labute approximate surface area is 107 Å². The average Bonchev–Trinajstić information content (AvgIpc) is 2.32. The number of hydrogen-bond acceptors (Lipinski definition) is 3. The molecule has 1 saturated heterocycles. The molecule has 0 atom stereocenters. The summed E-state index contributed by atoms with van der Waals surface area (Å²) in [5.41, 5.74) is 7.12. The summed E-state index contributed by atoms with van der Waals surface area (Å²) in [6.07, 6.45) is 2.17. The van der Waals surface area contributed by atoms with Gasteiger partial charge in [-0.2, -0.15) is 0 Å². The number of benzene rings is 1. The highest BCUT2D eigenvalue weighted by Gasteiger charge is 2.16. The standard InChI is InChI=1S/C13H19ClN2O/c1-17-13-3-2-10(8-12(13)14)9-16-6-4-11(15)5-7-16/h2-3,8,11H,4-7,9,15H2,1H3. The molecule has 1 aromatic rings. The number of halogens is 1. The number of piperidine rings is 1. The van der Waals surface area contributed by atoms with Crippen LogP contribution in [0.4, 0.5) is 0 Å². The van der Waals surface area contributed by atoms with Crippen LogP contribution in [0.1, 0.15) is 18.4 Å². The summed E-state index contributed by atoms with van der Waals surface area (Å²) in [4.78, 5) is 2.42. The van der Waals surface area contributed by atoms with E-state index in [9.17, 15) is 0 Å². The highest BCUT2D eigenvalue weighted by Crippen LogP contribution is 2.25. The summed E-state index contributed by atoms with van der Waals surface area (Å²) in [6.45, 7) is 3.09. The third-order valence-corrected chi connectivity index (χ3v) is 3.55. The Bertz CT molecular complexity index is 376. The second-order valence-corrected chi connectivity index (χ2v) is 4.99. The molecule has 0 spiro atoms. The Kier molecular flexibility index (Phi) is 4.26. The van der Waals surface area contributed by atoms with Gasteiger partial charge in [0.1, 0.15) is 5.75 Å². The first-order valence-corrected chi connectivity index (χ1v) is 6.37. The lowest BCUT2D eigenvalue weighted by molar-refractivity contribution is 0.205. The molecule has 2 N–H and O–H groups in total. The first kappa shape index (κ1) is 12.7. The molecule has 2 rings (SSSR count). The monoisotopic (exact) mass is 254 g/mol. The van der Waals surface area contributed by atoms with E-state index in [0.29, 0.717) is 11.1 Å². The quantitative estimate of drug-likeness (QED) is 0.899. The maximum Gasteiger partial charge on any atom is 0.137 e. The van der Waals surface area contributed by atoms with Crippen molar-refractivity contribution in [1.82, 2.24) is 4.90 Å². The van der Waals surface area contributed by atoms with Crippen molar-refractivity contribution in [1.29, 1.82) is 0 Å². The van der Waals surface area contributed by atoms with Crippen LogP contribution in [0, 0.1) is 0 Å². The molecule has 0 bridgehead atoms. The van der Waals surface area contributed by atoms with Gasteiger partial charge in [0.25, 0.3) is 0 Å². The maximum atomic E-state index is 6.11. The maximum absolute atomic E-state index is 6.11. The lowest BCUT2D eigenvalue weighted by atomic mass is 10.1. The van der Waals surface area contributed by atoms with Crippen LogP contribution in [0.5, 0.6) is 5.75 Å². The highest BCUT2D eigenvalue weighted by atomic mass is 35.5. The zero-order valence-electron chi connectivity index (χ0n) is 10.2. The number of nitrogens with zero attached hydrogens (tertiary/aromatic N) is 1. The van der Waals surface area contributed by atoms with Crippen LogP contribution in [0.15, 0.2) is 18.2 Å². The molecule has 0 unspecified atom stereocenters. The van der Waals surface area contributed by atoms with E-state index in [-0.39, 0.29) is 0 Å². The third-order valence-electron chi connectivity index (χ3n) is 3.25. The van der Waals surface area contributed by atoms with Crippen molar-refractivity contribution in [3.63, 3.8) is 0 Å². The molecule has 0 amide bonds. The Balaban J connectivity index is 1.97. The molecule has 1 aliphatic heterocycles. The molecular formula is C13H19ClN2O. The molecule has 4 heteroatoms. The number of nitrogens with two attached hydrogens (primary N) is 1. The van der Waals surface area contributed by atoms with Crippen molar-refractivity contribution in [3.05, 3.63) is 28.8 Å². The number of likely N-dealkylation sites (tertiary alicyclic amines) is 1. The molecule has 17 heavy (non-hydrogen) atoms. The van der Waals surface area contributed by atoms with Gasteiger partial charge in [-0.25, -0.2) is 0 Å². The van der Waals surface area contributed by atoms with Crippen LogP contribution in [0.25, 0.3) is 0 Å². The molecule has 1 fully saturated rings. The fraction of sp³-hybridized carbons (Fsp3) is 0.538. The van der Waals surface area contributed by atoms with E-state index < -0.39 is 0 Å². The zero-order valence-corrected chi connectivity index (χ0v) is 10.9. The van der Waals surface area contributed by atoms with Gasteiger partial charge in [-0.05, 0) is 43.6 Å². The number of ether oxygens (including phenoxy) is 1. The van der Waals surface area contributed by atoms with Crippen molar-refractivity contribution < 1.29 is 4.74 Å². The topological polar surface area (TPSA) is 38.5 Å². The normalized spacial score (nSPS) is 18.3. The van der Waals surface area contributed by atoms with Gasteiger partial charge in [0.05, 0.1) is 12.1 Å². The van der Waals surface area contributed by atoms with Crippen molar-refractivity contribution in [2.45, 2.75) is 25.4 Å². The molecule has 1 heterocycles. The molecule has 0 aromatic heterocycles. The second-order valence-electron chi connectivity index (χ2n) is 4.58. The Morgan fingerprint density at radius 3 is 2.71 bits per heavy atom. The number of hydrogen-bond donors (Lipinski definition) is 1. The summed E-state index contributed by atoms with van der Waals surface area (Å²) in [5.74, 6) is 0.732. The molecular weight excluding hydrogens is 236 g/mol. The average molecular weight is 255 g/mol. The first-order chi connectivity index (χ1) is 8.19. The summed E-state index contributed by atoms with van der Waals surface area (Å²) < 4.78 is 5.14. The van der Waals surface area contributed by atoms with Crippen molar-refractivity contribution in [2.75, 3.05) is 20.2 Å². The summed E-state index contributed by atoms with van der Waals surface area (Å²) >= 11 is 6.11. The molecule has 0 radical (unpaired) electrons. The van der Waals surface area contributed by atoms with E-state index in [1.165, 1.54) is 5.56 Å². The van der Waals surface area contributed by atoms with Gasteiger partial charge in [-0.3, -0.25) is 4.90 Å². The van der Waals surface area contributed by atoms with E-state index >= 15 is 0 Å². The summed E-state index contributed by atoms with van der Waals surface area (Å²) in [5, 5.41) is 0.679. The molecule has 0 saturated carbocycles. The van der Waals surface area contributed by atoms with Gasteiger partial charge in [0, 0.05) is 12.6 Å². The van der Waals surface area contributed by atoms with Crippen molar-refractivity contribution in [2.24, 2.45) is 5.73 Å². The van der Waals surface area contributed by atoms with Gasteiger partial charge in [0.15, 0.2) is 0 Å². The molecule has 1 aliphatic rings. The summed E-state index contributed by atoms with van der Waals surface area (Å²) in [6, 6.07) is 6.35. The molecule has 0 aliphatic carbocycles. The Hall–Kier alpha value is -0.770. The van der Waals surface area contributed by atoms with Crippen molar-refractivity contribution >= 4 is 11.6 Å². The Morgan fingerprint density at radius 1 is 1.41 bits per heavy atom. The lowest BCUT2D eigenvalue weighted by Crippen LogP contribution is -2.39. The van der Waals surface area contributed by atoms with Crippen LogP contribution in [0.3, 0.4) is 0 Å². The van der Waals surface area contributed by atoms with Crippen LogP contribution in [-0.2, 0) is 6.54 Å². The van der Waals surface area contributed by atoms with Gasteiger partial charge in [-0.15, -0.1) is 0 Å². The van der Waals surface area contributed by atoms with E-state index in [2.05, 4.69) is 11.0 Å². The molecule has 94 valence electrons. The SMILES string of the molecule is COc1ccc(CN2CCC(N)CC2)cc1Cl. The minimum atomic E-state index is 0.380. The lowest BCUT2D eigenvalue weighted by Gasteiger charge is -2.30. The molecule has 1 aromatic carbocycles. The van der Waals surface area contributed by atoms with Crippen LogP contribution < -0.4 is 10.5 Å². The van der Waals surface area contributed by atoms with Crippen molar-refractivity contribution in [3.8, 4) is 5.75 Å². The van der Waals surface area contributed by atoms with Gasteiger partial charge >= 0.3 is 0 Å².